The Balaban J connectivity index is 2.23. The van der Waals surface area contributed by atoms with Crippen molar-refractivity contribution < 1.29 is 9.53 Å². The van der Waals surface area contributed by atoms with Crippen molar-refractivity contribution in [3.05, 3.63) is 47.3 Å². The Morgan fingerprint density at radius 3 is 2.57 bits per heavy atom. The van der Waals surface area contributed by atoms with E-state index in [0.29, 0.717) is 17.9 Å². The van der Waals surface area contributed by atoms with E-state index in [1.807, 2.05) is 26.0 Å². The highest BCUT2D eigenvalue weighted by Gasteiger charge is 2.10. The van der Waals surface area contributed by atoms with Gasteiger partial charge >= 0.3 is 5.97 Å². The molecular weight excluding hydrogens is 266 g/mol. The Morgan fingerprint density at radius 2 is 1.95 bits per heavy atom. The van der Waals surface area contributed by atoms with Crippen LogP contribution in [0.15, 0.2) is 30.3 Å². The van der Waals surface area contributed by atoms with E-state index in [9.17, 15) is 4.79 Å². The van der Waals surface area contributed by atoms with Crippen LogP contribution >= 0.6 is 0 Å². The third-order valence-corrected chi connectivity index (χ3v) is 3.06. The molecule has 5 nitrogen and oxygen atoms in total. The number of hydrogen-bond donors (Lipinski definition) is 2. The molecule has 0 radical (unpaired) electrons. The van der Waals surface area contributed by atoms with E-state index < -0.39 is 0 Å². The van der Waals surface area contributed by atoms with Crippen molar-refractivity contribution in [3.8, 4) is 0 Å². The number of nitrogens with one attached hydrogen (secondary N) is 1. The number of hydrogen-bond acceptors (Lipinski definition) is 5. The van der Waals surface area contributed by atoms with Crippen LogP contribution in [-0.2, 0) is 4.74 Å². The third kappa shape index (κ3) is 3.51. The normalized spacial score (nSPS) is 10.2. The van der Waals surface area contributed by atoms with Crippen molar-refractivity contribution in [1.82, 2.24) is 4.98 Å². The zero-order valence-electron chi connectivity index (χ0n) is 12.4. The predicted octanol–water partition coefficient (Wildman–Crippen LogP) is 3.20. The van der Waals surface area contributed by atoms with E-state index in [2.05, 4.69) is 10.3 Å². The van der Waals surface area contributed by atoms with Gasteiger partial charge < -0.3 is 15.8 Å². The number of aryl methyl sites for hydroxylation is 2. The first-order valence-corrected chi connectivity index (χ1v) is 6.79. The SMILES string of the molecule is CCOC(=O)c1ccc(Nc2ccc(C)nc2C)c(N)c1. The van der Waals surface area contributed by atoms with Crippen molar-refractivity contribution in [1.29, 1.82) is 0 Å². The second-order valence-corrected chi connectivity index (χ2v) is 4.73. The molecule has 0 fully saturated rings. The molecule has 0 unspecified atom stereocenters. The summed E-state index contributed by atoms with van der Waals surface area (Å²) in [6.45, 7) is 5.98. The van der Waals surface area contributed by atoms with E-state index in [1.165, 1.54) is 0 Å². The highest BCUT2D eigenvalue weighted by Crippen LogP contribution is 2.26. The standard InChI is InChI=1S/C16H19N3O2/c1-4-21-16(20)12-6-8-15(13(17)9-12)19-14-7-5-10(2)18-11(14)3/h5-9,19H,4,17H2,1-3H3. The van der Waals surface area contributed by atoms with Crippen LogP contribution in [0.4, 0.5) is 17.1 Å². The number of nitrogens with two attached hydrogens (primary N) is 1. The fourth-order valence-electron chi connectivity index (χ4n) is 1.98. The third-order valence-electron chi connectivity index (χ3n) is 3.06. The van der Waals surface area contributed by atoms with E-state index >= 15 is 0 Å². The molecule has 0 bridgehead atoms. The van der Waals surface area contributed by atoms with E-state index in [0.717, 1.165) is 22.8 Å². The smallest absolute Gasteiger partial charge is 0.338 e. The Hall–Kier alpha value is -2.56. The van der Waals surface area contributed by atoms with Crippen LogP contribution in [0.1, 0.15) is 28.7 Å². The first-order chi connectivity index (χ1) is 10.0. The van der Waals surface area contributed by atoms with Crippen molar-refractivity contribution in [2.75, 3.05) is 17.7 Å². The number of ether oxygens (including phenoxy) is 1. The molecule has 0 saturated carbocycles. The highest BCUT2D eigenvalue weighted by atomic mass is 16.5. The van der Waals surface area contributed by atoms with Gasteiger partial charge in [-0.15, -0.1) is 0 Å². The van der Waals surface area contributed by atoms with Gasteiger partial charge in [0.05, 0.1) is 34.9 Å². The minimum atomic E-state index is -0.371. The number of aromatic nitrogens is 1. The van der Waals surface area contributed by atoms with Crippen LogP contribution in [0.3, 0.4) is 0 Å². The second kappa shape index (κ2) is 6.26. The monoisotopic (exact) mass is 285 g/mol. The molecule has 0 aliphatic rings. The van der Waals surface area contributed by atoms with Gasteiger partial charge in [0.15, 0.2) is 0 Å². The highest BCUT2D eigenvalue weighted by molar-refractivity contribution is 5.92. The van der Waals surface area contributed by atoms with Gasteiger partial charge in [-0.25, -0.2) is 4.79 Å². The molecule has 5 heteroatoms. The zero-order chi connectivity index (χ0) is 15.4. The Kier molecular flexibility index (Phi) is 4.42. The number of rotatable bonds is 4. The van der Waals surface area contributed by atoms with Gasteiger partial charge in [-0.1, -0.05) is 0 Å². The summed E-state index contributed by atoms with van der Waals surface area (Å²) in [5.41, 5.74) is 10.4. The molecule has 1 aromatic heterocycles. The summed E-state index contributed by atoms with van der Waals surface area (Å²) in [7, 11) is 0. The van der Waals surface area contributed by atoms with Crippen LogP contribution in [0, 0.1) is 13.8 Å². The van der Waals surface area contributed by atoms with E-state index in [4.69, 9.17) is 10.5 Å². The number of benzene rings is 1. The number of carbonyl (C=O) groups is 1. The molecular formula is C16H19N3O2. The van der Waals surface area contributed by atoms with Crippen LogP contribution in [0.5, 0.6) is 0 Å². The number of nitrogens with zero attached hydrogens (tertiary/aromatic N) is 1. The maximum absolute atomic E-state index is 11.6. The lowest BCUT2D eigenvalue weighted by Crippen LogP contribution is -2.06. The average Bonchev–Trinajstić information content (AvgIpc) is 2.44. The van der Waals surface area contributed by atoms with Crippen molar-refractivity contribution in [2.45, 2.75) is 20.8 Å². The van der Waals surface area contributed by atoms with Gasteiger partial charge in [-0.05, 0) is 51.1 Å². The van der Waals surface area contributed by atoms with Crippen LogP contribution in [0.2, 0.25) is 0 Å². The fourth-order valence-corrected chi connectivity index (χ4v) is 1.98. The maximum atomic E-state index is 11.6. The number of pyridine rings is 1. The van der Waals surface area contributed by atoms with Gasteiger partial charge in [0.1, 0.15) is 0 Å². The molecule has 2 aromatic rings. The Labute approximate surface area is 124 Å². The molecule has 1 aromatic carbocycles. The molecule has 0 aliphatic heterocycles. The lowest BCUT2D eigenvalue weighted by Gasteiger charge is -2.12. The minimum absolute atomic E-state index is 0.340. The van der Waals surface area contributed by atoms with Crippen LogP contribution in [0.25, 0.3) is 0 Å². The van der Waals surface area contributed by atoms with Gasteiger partial charge in [-0.3, -0.25) is 4.98 Å². The lowest BCUT2D eigenvalue weighted by atomic mass is 10.1. The Morgan fingerprint density at radius 1 is 1.24 bits per heavy atom. The van der Waals surface area contributed by atoms with Crippen molar-refractivity contribution in [3.63, 3.8) is 0 Å². The minimum Gasteiger partial charge on any atom is -0.462 e. The van der Waals surface area contributed by atoms with Gasteiger partial charge in [0, 0.05) is 5.69 Å². The summed E-state index contributed by atoms with van der Waals surface area (Å²) in [6.07, 6.45) is 0. The number of anilines is 3. The largest absolute Gasteiger partial charge is 0.462 e. The van der Waals surface area contributed by atoms with Gasteiger partial charge in [-0.2, -0.15) is 0 Å². The van der Waals surface area contributed by atoms with Gasteiger partial charge in [0.2, 0.25) is 0 Å². The lowest BCUT2D eigenvalue weighted by molar-refractivity contribution is 0.0526. The van der Waals surface area contributed by atoms with Crippen molar-refractivity contribution >= 4 is 23.0 Å². The first-order valence-electron chi connectivity index (χ1n) is 6.79. The Bertz CT molecular complexity index is 669. The molecule has 0 spiro atoms. The number of esters is 1. The molecule has 0 atom stereocenters. The summed E-state index contributed by atoms with van der Waals surface area (Å²) in [5, 5.41) is 3.23. The molecule has 0 saturated heterocycles. The fraction of sp³-hybridized carbons (Fsp3) is 0.250. The first kappa shape index (κ1) is 14.8. The number of nitrogen functional groups attached to an aromatic ring is 1. The molecule has 1 heterocycles. The van der Waals surface area contributed by atoms with Crippen LogP contribution < -0.4 is 11.1 Å². The second-order valence-electron chi connectivity index (χ2n) is 4.73. The molecule has 2 rings (SSSR count). The summed E-state index contributed by atoms with van der Waals surface area (Å²) in [6, 6.07) is 8.95. The van der Waals surface area contributed by atoms with E-state index in [-0.39, 0.29) is 5.97 Å². The summed E-state index contributed by atoms with van der Waals surface area (Å²) in [5.74, 6) is -0.371. The molecule has 21 heavy (non-hydrogen) atoms. The maximum Gasteiger partial charge on any atom is 0.338 e. The predicted molar refractivity (Wildman–Crippen MR) is 83.8 cm³/mol. The summed E-state index contributed by atoms with van der Waals surface area (Å²) >= 11 is 0. The van der Waals surface area contributed by atoms with E-state index in [1.54, 1.807) is 25.1 Å². The molecule has 110 valence electrons. The zero-order valence-corrected chi connectivity index (χ0v) is 12.4. The molecule has 0 amide bonds. The van der Waals surface area contributed by atoms with Gasteiger partial charge in [0.25, 0.3) is 0 Å². The average molecular weight is 285 g/mol. The van der Waals surface area contributed by atoms with Crippen LogP contribution in [-0.4, -0.2) is 17.6 Å². The summed E-state index contributed by atoms with van der Waals surface area (Å²) < 4.78 is 4.95. The number of carbonyl (C=O) groups excluding carboxylic acids is 1. The topological polar surface area (TPSA) is 77.2 Å². The molecule has 3 N–H and O–H groups in total. The quantitative estimate of drug-likeness (QED) is 0.666. The molecule has 0 aliphatic carbocycles. The van der Waals surface area contributed by atoms with Crippen molar-refractivity contribution in [2.24, 2.45) is 0 Å². The summed E-state index contributed by atoms with van der Waals surface area (Å²) in [4.78, 5) is 16.0.